The Kier molecular flexibility index (Phi) is 3.44. The van der Waals surface area contributed by atoms with Gasteiger partial charge < -0.3 is 10.3 Å². The smallest absolute Gasteiger partial charge is 0.247 e. The van der Waals surface area contributed by atoms with E-state index in [1.54, 1.807) is 13.8 Å². The van der Waals surface area contributed by atoms with E-state index < -0.39 is 21.1 Å². The zero-order chi connectivity index (χ0) is 14.3. The SMILES string of the molecule is CC(C)(NS(C)(=O)=O)c1nc(C2(N)CCCC2)no1. The maximum absolute atomic E-state index is 11.3. The molecule has 0 bridgehead atoms. The van der Waals surface area contributed by atoms with E-state index in [9.17, 15) is 8.42 Å². The minimum atomic E-state index is -3.36. The maximum atomic E-state index is 11.3. The molecule has 0 atom stereocenters. The molecule has 1 heterocycles. The van der Waals surface area contributed by atoms with Gasteiger partial charge in [-0.1, -0.05) is 18.0 Å². The number of hydrogen-bond donors (Lipinski definition) is 2. The number of sulfonamides is 1. The number of hydrogen-bond acceptors (Lipinski definition) is 6. The average molecular weight is 288 g/mol. The highest BCUT2D eigenvalue weighted by Gasteiger charge is 2.38. The zero-order valence-electron chi connectivity index (χ0n) is 11.4. The fourth-order valence-electron chi connectivity index (χ4n) is 2.42. The maximum Gasteiger partial charge on any atom is 0.247 e. The van der Waals surface area contributed by atoms with Gasteiger partial charge in [-0.05, 0) is 26.7 Å². The van der Waals surface area contributed by atoms with Crippen LogP contribution in [0.25, 0.3) is 0 Å². The molecular weight excluding hydrogens is 268 g/mol. The molecule has 0 spiro atoms. The summed E-state index contributed by atoms with van der Waals surface area (Å²) in [4.78, 5) is 4.29. The van der Waals surface area contributed by atoms with E-state index in [2.05, 4.69) is 14.9 Å². The molecule has 0 radical (unpaired) electrons. The summed E-state index contributed by atoms with van der Waals surface area (Å²) >= 11 is 0. The lowest BCUT2D eigenvalue weighted by atomic mass is 9.98. The molecule has 0 saturated heterocycles. The monoisotopic (exact) mass is 288 g/mol. The van der Waals surface area contributed by atoms with Gasteiger partial charge in [-0.15, -0.1) is 0 Å². The summed E-state index contributed by atoms with van der Waals surface area (Å²) in [6, 6.07) is 0. The Hall–Kier alpha value is -0.990. The van der Waals surface area contributed by atoms with Crippen LogP contribution in [-0.2, 0) is 21.1 Å². The van der Waals surface area contributed by atoms with Crippen LogP contribution in [0, 0.1) is 0 Å². The van der Waals surface area contributed by atoms with E-state index in [1.165, 1.54) is 0 Å². The molecule has 19 heavy (non-hydrogen) atoms. The largest absolute Gasteiger partial charge is 0.337 e. The van der Waals surface area contributed by atoms with E-state index in [4.69, 9.17) is 10.3 Å². The second-order valence-electron chi connectivity index (χ2n) is 5.79. The molecule has 1 aromatic rings. The Morgan fingerprint density at radius 2 is 1.95 bits per heavy atom. The summed E-state index contributed by atoms with van der Waals surface area (Å²) in [5.74, 6) is 0.688. The van der Waals surface area contributed by atoms with Gasteiger partial charge in [-0.3, -0.25) is 0 Å². The van der Waals surface area contributed by atoms with E-state index in [0.29, 0.717) is 5.82 Å². The summed E-state index contributed by atoms with van der Waals surface area (Å²) in [7, 11) is -3.36. The third-order valence-corrected chi connectivity index (χ3v) is 4.22. The van der Waals surface area contributed by atoms with Crippen molar-refractivity contribution in [1.82, 2.24) is 14.9 Å². The van der Waals surface area contributed by atoms with Gasteiger partial charge in [0.15, 0.2) is 5.82 Å². The van der Waals surface area contributed by atoms with Gasteiger partial charge in [0, 0.05) is 0 Å². The van der Waals surface area contributed by atoms with Crippen molar-refractivity contribution in [3.05, 3.63) is 11.7 Å². The Morgan fingerprint density at radius 1 is 1.37 bits per heavy atom. The molecule has 0 unspecified atom stereocenters. The van der Waals surface area contributed by atoms with Crippen molar-refractivity contribution >= 4 is 10.0 Å². The number of nitrogens with two attached hydrogens (primary N) is 1. The van der Waals surface area contributed by atoms with Crippen molar-refractivity contribution in [3.8, 4) is 0 Å². The van der Waals surface area contributed by atoms with Gasteiger partial charge >= 0.3 is 0 Å². The van der Waals surface area contributed by atoms with Crippen LogP contribution in [0.3, 0.4) is 0 Å². The third kappa shape index (κ3) is 3.13. The first-order chi connectivity index (χ1) is 8.62. The summed E-state index contributed by atoms with van der Waals surface area (Å²) < 4.78 is 30.3. The quantitative estimate of drug-likeness (QED) is 0.838. The van der Waals surface area contributed by atoms with Crippen LogP contribution >= 0.6 is 0 Å². The first kappa shape index (κ1) is 14.4. The topological polar surface area (TPSA) is 111 Å². The Balaban J connectivity index is 2.25. The fraction of sp³-hybridized carbons (Fsp3) is 0.818. The Morgan fingerprint density at radius 3 is 2.47 bits per heavy atom. The Labute approximate surface area is 113 Å². The predicted molar refractivity (Wildman–Crippen MR) is 69.6 cm³/mol. The van der Waals surface area contributed by atoms with Crippen LogP contribution in [0.2, 0.25) is 0 Å². The second kappa shape index (κ2) is 4.53. The Bertz CT molecular complexity index is 558. The van der Waals surface area contributed by atoms with Crippen LogP contribution in [0.4, 0.5) is 0 Å². The summed E-state index contributed by atoms with van der Waals surface area (Å²) in [6.45, 7) is 3.34. The van der Waals surface area contributed by atoms with Gasteiger partial charge in [0.2, 0.25) is 15.9 Å². The highest BCUT2D eigenvalue weighted by molar-refractivity contribution is 7.88. The summed E-state index contributed by atoms with van der Waals surface area (Å²) in [6.07, 6.45) is 4.84. The van der Waals surface area contributed by atoms with Crippen LogP contribution < -0.4 is 10.5 Å². The van der Waals surface area contributed by atoms with E-state index in [1.807, 2.05) is 0 Å². The summed E-state index contributed by atoms with van der Waals surface area (Å²) in [5.41, 5.74) is 4.75. The van der Waals surface area contributed by atoms with Crippen LogP contribution in [0.15, 0.2) is 4.52 Å². The summed E-state index contributed by atoms with van der Waals surface area (Å²) in [5, 5.41) is 3.92. The second-order valence-corrected chi connectivity index (χ2v) is 7.53. The molecule has 7 nitrogen and oxygen atoms in total. The van der Waals surface area contributed by atoms with Crippen LogP contribution in [0.5, 0.6) is 0 Å². The highest BCUT2D eigenvalue weighted by Crippen LogP contribution is 2.35. The predicted octanol–water partition coefficient (Wildman–Crippen LogP) is 0.582. The molecule has 1 aliphatic rings. The van der Waals surface area contributed by atoms with Gasteiger partial charge in [-0.2, -0.15) is 4.98 Å². The molecule has 1 aliphatic carbocycles. The molecule has 3 N–H and O–H groups in total. The van der Waals surface area contributed by atoms with Crippen molar-refractivity contribution in [1.29, 1.82) is 0 Å². The molecular formula is C11H20N4O3S. The minimum absolute atomic E-state index is 0.227. The van der Waals surface area contributed by atoms with Gasteiger partial charge in [0.25, 0.3) is 0 Å². The van der Waals surface area contributed by atoms with Crippen molar-refractivity contribution in [2.75, 3.05) is 6.26 Å². The van der Waals surface area contributed by atoms with Crippen molar-refractivity contribution in [2.45, 2.75) is 50.6 Å². The van der Waals surface area contributed by atoms with Gasteiger partial charge in [0.1, 0.15) is 5.54 Å². The molecule has 1 saturated carbocycles. The number of nitrogens with one attached hydrogen (secondary N) is 1. The molecule has 1 fully saturated rings. The molecule has 2 rings (SSSR count). The fourth-order valence-corrected chi connectivity index (χ4v) is 3.43. The highest BCUT2D eigenvalue weighted by atomic mass is 32.2. The molecule has 0 amide bonds. The lowest BCUT2D eigenvalue weighted by Crippen LogP contribution is -2.41. The van der Waals surface area contributed by atoms with Gasteiger partial charge in [-0.25, -0.2) is 13.1 Å². The minimum Gasteiger partial charge on any atom is -0.337 e. The van der Waals surface area contributed by atoms with Crippen molar-refractivity contribution in [2.24, 2.45) is 5.73 Å². The molecule has 0 aromatic carbocycles. The molecule has 1 aromatic heterocycles. The number of nitrogens with zero attached hydrogens (tertiary/aromatic N) is 2. The van der Waals surface area contributed by atoms with E-state index in [0.717, 1.165) is 31.9 Å². The third-order valence-electron chi connectivity index (χ3n) is 3.34. The number of aromatic nitrogens is 2. The lowest BCUT2D eigenvalue weighted by molar-refractivity contribution is 0.289. The van der Waals surface area contributed by atoms with Crippen LogP contribution in [-0.4, -0.2) is 24.8 Å². The molecule has 0 aliphatic heterocycles. The van der Waals surface area contributed by atoms with E-state index >= 15 is 0 Å². The first-order valence-corrected chi connectivity index (χ1v) is 8.14. The van der Waals surface area contributed by atoms with Crippen molar-refractivity contribution in [3.63, 3.8) is 0 Å². The van der Waals surface area contributed by atoms with Crippen molar-refractivity contribution < 1.29 is 12.9 Å². The zero-order valence-corrected chi connectivity index (χ0v) is 12.2. The average Bonchev–Trinajstić information content (AvgIpc) is 2.81. The van der Waals surface area contributed by atoms with Crippen LogP contribution in [0.1, 0.15) is 51.2 Å². The van der Waals surface area contributed by atoms with E-state index in [-0.39, 0.29) is 5.89 Å². The van der Waals surface area contributed by atoms with Gasteiger partial charge in [0.05, 0.1) is 11.8 Å². The number of rotatable bonds is 4. The lowest BCUT2D eigenvalue weighted by Gasteiger charge is -2.20. The first-order valence-electron chi connectivity index (χ1n) is 6.25. The molecule has 8 heteroatoms. The standard InChI is InChI=1S/C11H20N4O3S/c1-10(2,15-19(3,16)17)9-13-8(14-18-9)11(12)6-4-5-7-11/h15H,4-7,12H2,1-3H3. The molecule has 108 valence electrons. The normalized spacial score (nSPS) is 19.8.